The lowest BCUT2D eigenvalue weighted by Crippen LogP contribution is -1.93. The van der Waals surface area contributed by atoms with E-state index in [-0.39, 0.29) is 0 Å². The summed E-state index contributed by atoms with van der Waals surface area (Å²) in [4.78, 5) is 0. The summed E-state index contributed by atoms with van der Waals surface area (Å²) >= 11 is 3.96. The van der Waals surface area contributed by atoms with Crippen molar-refractivity contribution in [3.05, 3.63) is 131 Å². The molecule has 0 amide bonds. The number of fused-ring (bicyclic) bond motifs is 9. The number of benzene rings is 6. The van der Waals surface area contributed by atoms with E-state index in [0.717, 1.165) is 19.3 Å². The van der Waals surface area contributed by atoms with Crippen molar-refractivity contribution in [1.82, 2.24) is 0 Å². The van der Waals surface area contributed by atoms with Crippen molar-refractivity contribution in [2.75, 3.05) is 0 Å². The predicted molar refractivity (Wildman–Crippen MR) is 208 cm³/mol. The van der Waals surface area contributed by atoms with Crippen LogP contribution < -0.4 is 0 Å². The van der Waals surface area contributed by atoms with E-state index in [4.69, 9.17) is 0 Å². The molecule has 0 spiro atoms. The fraction of sp³-hybridized carbons (Fsp3) is 0.200. The van der Waals surface area contributed by atoms with Gasteiger partial charge < -0.3 is 0 Å². The molecule has 0 saturated heterocycles. The van der Waals surface area contributed by atoms with Crippen LogP contribution in [0.15, 0.2) is 109 Å². The maximum atomic E-state index is 2.47. The maximum Gasteiger partial charge on any atom is 0.0433 e. The number of hydrogen-bond acceptors (Lipinski definition) is 2. The minimum Gasteiger partial charge on any atom is -0.134 e. The lowest BCUT2D eigenvalue weighted by Gasteiger charge is -2.10. The van der Waals surface area contributed by atoms with Crippen molar-refractivity contribution in [3.8, 4) is 33.4 Å². The van der Waals surface area contributed by atoms with Crippen molar-refractivity contribution < 1.29 is 0 Å². The zero-order chi connectivity index (χ0) is 31.8. The Bertz CT molecular complexity index is 2330. The Morgan fingerprint density at radius 3 is 1.28 bits per heavy atom. The van der Waals surface area contributed by atoms with Crippen LogP contribution in [0.4, 0.5) is 0 Å². The lowest BCUT2D eigenvalue weighted by atomic mass is 9.95. The fourth-order valence-corrected chi connectivity index (χ4v) is 10.6. The zero-order valence-corrected chi connectivity index (χ0v) is 29.1. The van der Waals surface area contributed by atoms with E-state index < -0.39 is 0 Å². The molecule has 8 aromatic rings. The standard InChI is InChI=1S/C45H38S2/c1-26(2)21-32-9-5-13-36-38-15-7-11-34(44(38)46-42(32)36)30-19-17-28-23-29-18-20-31(25-41(29)40(28)24-30)35-12-8-16-39-37-14-6-10-33(22-27(3)4)43(37)47-45(35)39/h5-20,24-27H,21-23H2,1-4H3. The first kappa shape index (κ1) is 28.9. The van der Waals surface area contributed by atoms with Crippen molar-refractivity contribution in [3.63, 3.8) is 0 Å². The van der Waals surface area contributed by atoms with Gasteiger partial charge in [-0.2, -0.15) is 0 Å². The molecule has 230 valence electrons. The highest BCUT2D eigenvalue weighted by Crippen LogP contribution is 2.47. The normalized spacial score (nSPS) is 12.7. The summed E-state index contributed by atoms with van der Waals surface area (Å²) in [6, 6.07) is 41.9. The molecule has 0 aliphatic heterocycles. The smallest absolute Gasteiger partial charge is 0.0433 e. The van der Waals surface area contributed by atoms with Crippen LogP contribution in [0.5, 0.6) is 0 Å². The Balaban J connectivity index is 1.16. The van der Waals surface area contributed by atoms with Crippen LogP contribution in [0.3, 0.4) is 0 Å². The molecule has 0 bridgehead atoms. The van der Waals surface area contributed by atoms with E-state index in [1.54, 1.807) is 0 Å². The lowest BCUT2D eigenvalue weighted by molar-refractivity contribution is 0.650. The first-order valence-electron chi connectivity index (χ1n) is 17.1. The van der Waals surface area contributed by atoms with Gasteiger partial charge in [0.1, 0.15) is 0 Å². The molecule has 2 aromatic heterocycles. The van der Waals surface area contributed by atoms with Crippen LogP contribution in [0, 0.1) is 11.8 Å². The number of hydrogen-bond donors (Lipinski definition) is 0. The molecule has 0 fully saturated rings. The summed E-state index contributed by atoms with van der Waals surface area (Å²) in [6.07, 6.45) is 3.24. The minimum atomic E-state index is 0.639. The van der Waals surface area contributed by atoms with Gasteiger partial charge in [-0.15, -0.1) is 22.7 Å². The highest BCUT2D eigenvalue weighted by atomic mass is 32.1. The zero-order valence-electron chi connectivity index (χ0n) is 27.5. The molecule has 1 aliphatic rings. The van der Waals surface area contributed by atoms with Crippen molar-refractivity contribution in [2.24, 2.45) is 11.8 Å². The van der Waals surface area contributed by atoms with Crippen LogP contribution in [0.25, 0.3) is 73.7 Å². The van der Waals surface area contributed by atoms with Crippen LogP contribution in [-0.4, -0.2) is 0 Å². The van der Waals surface area contributed by atoms with E-state index in [2.05, 4.69) is 137 Å². The van der Waals surface area contributed by atoms with E-state index >= 15 is 0 Å². The molecule has 0 N–H and O–H groups in total. The summed E-state index contributed by atoms with van der Waals surface area (Å²) in [5.74, 6) is 1.28. The molecule has 9 rings (SSSR count). The van der Waals surface area contributed by atoms with Gasteiger partial charge in [0, 0.05) is 40.3 Å². The molecule has 2 heteroatoms. The summed E-state index contributed by atoms with van der Waals surface area (Å²) in [6.45, 7) is 9.27. The summed E-state index contributed by atoms with van der Waals surface area (Å²) in [5.41, 5.74) is 13.9. The molecule has 0 atom stereocenters. The van der Waals surface area contributed by atoms with Gasteiger partial charge in [-0.1, -0.05) is 125 Å². The number of thiophene rings is 2. The SMILES string of the molecule is CC(C)Cc1cccc2c1sc1c(-c3ccc4c(c3)-c3cc(-c5cccc6c5sc5c(CC(C)C)cccc56)ccc3C4)cccc12. The summed E-state index contributed by atoms with van der Waals surface area (Å²) < 4.78 is 5.70. The highest BCUT2D eigenvalue weighted by Gasteiger charge is 2.22. The summed E-state index contributed by atoms with van der Waals surface area (Å²) in [5, 5.41) is 5.55. The van der Waals surface area contributed by atoms with Gasteiger partial charge in [-0.05, 0) is 98.9 Å². The Labute approximate surface area is 285 Å². The fourth-order valence-electron chi connectivity index (χ4n) is 7.92. The third-order valence-corrected chi connectivity index (χ3v) is 12.6. The Morgan fingerprint density at radius 1 is 0.447 bits per heavy atom. The molecular formula is C45H38S2. The Kier molecular flexibility index (Phi) is 6.89. The van der Waals surface area contributed by atoms with E-state index in [1.807, 2.05) is 22.7 Å². The van der Waals surface area contributed by atoms with Gasteiger partial charge in [0.25, 0.3) is 0 Å². The topological polar surface area (TPSA) is 0 Å². The average Bonchev–Trinajstić information content (AvgIpc) is 3.76. The molecule has 0 nitrogen and oxygen atoms in total. The number of rotatable bonds is 6. The van der Waals surface area contributed by atoms with Gasteiger partial charge in [0.05, 0.1) is 0 Å². The molecule has 2 heterocycles. The first-order chi connectivity index (χ1) is 22.9. The second kappa shape index (κ2) is 11.2. The second-order valence-electron chi connectivity index (χ2n) is 14.3. The molecule has 0 saturated carbocycles. The quantitative estimate of drug-likeness (QED) is 0.169. The molecular weight excluding hydrogens is 605 g/mol. The largest absolute Gasteiger partial charge is 0.134 e. The molecule has 6 aromatic carbocycles. The van der Waals surface area contributed by atoms with Gasteiger partial charge in [-0.25, -0.2) is 0 Å². The third-order valence-electron chi connectivity index (χ3n) is 9.98. The predicted octanol–water partition coefficient (Wildman–Crippen LogP) is 13.7. The molecule has 0 unspecified atom stereocenters. The van der Waals surface area contributed by atoms with Gasteiger partial charge >= 0.3 is 0 Å². The third kappa shape index (κ3) is 4.76. The van der Waals surface area contributed by atoms with Crippen molar-refractivity contribution in [1.29, 1.82) is 0 Å². The maximum absolute atomic E-state index is 2.47. The van der Waals surface area contributed by atoms with E-state index in [9.17, 15) is 0 Å². The monoisotopic (exact) mass is 642 g/mol. The van der Waals surface area contributed by atoms with Crippen LogP contribution >= 0.6 is 22.7 Å². The highest BCUT2D eigenvalue weighted by molar-refractivity contribution is 7.27. The Morgan fingerprint density at radius 2 is 0.851 bits per heavy atom. The van der Waals surface area contributed by atoms with Gasteiger partial charge in [0.15, 0.2) is 0 Å². The molecule has 1 aliphatic carbocycles. The van der Waals surface area contributed by atoms with Crippen molar-refractivity contribution >= 4 is 63.0 Å². The molecule has 0 radical (unpaired) electrons. The van der Waals surface area contributed by atoms with Gasteiger partial charge in [0.2, 0.25) is 0 Å². The van der Waals surface area contributed by atoms with Gasteiger partial charge in [-0.3, -0.25) is 0 Å². The summed E-state index contributed by atoms with van der Waals surface area (Å²) in [7, 11) is 0. The van der Waals surface area contributed by atoms with E-state index in [1.165, 1.54) is 96.0 Å². The first-order valence-corrected chi connectivity index (χ1v) is 18.7. The van der Waals surface area contributed by atoms with Crippen LogP contribution in [0.2, 0.25) is 0 Å². The van der Waals surface area contributed by atoms with Crippen LogP contribution in [-0.2, 0) is 19.3 Å². The minimum absolute atomic E-state index is 0.639. The van der Waals surface area contributed by atoms with Crippen molar-refractivity contribution in [2.45, 2.75) is 47.0 Å². The second-order valence-corrected chi connectivity index (χ2v) is 16.3. The molecule has 47 heavy (non-hydrogen) atoms. The average molecular weight is 643 g/mol. The van der Waals surface area contributed by atoms with Crippen LogP contribution in [0.1, 0.15) is 49.9 Å². The van der Waals surface area contributed by atoms with E-state index in [0.29, 0.717) is 11.8 Å². The Hall–Kier alpha value is -4.24.